The molecule has 2 aliphatic heterocycles. The molecule has 4 rings (SSSR count). The maximum absolute atomic E-state index is 13.1. The van der Waals surface area contributed by atoms with Crippen LogP contribution in [0, 0.1) is 0 Å². The van der Waals surface area contributed by atoms with Crippen LogP contribution in [-0.4, -0.2) is 62.1 Å². The summed E-state index contributed by atoms with van der Waals surface area (Å²) in [6.07, 6.45) is 0.760. The fourth-order valence-corrected chi connectivity index (χ4v) is 4.82. The number of piperazine rings is 1. The standard InChI is InChI=1S/C17H20ClN5O4S/c18-15-11-16(21-17(19)20-15)22-4-6-23(7-5-22)28(24,25)12-2-3-13-14(10-12)27-9-1-8-26-13/h2-3,10-11H,1,4-9H2,(H2,19,20,21). The Morgan fingerprint density at radius 2 is 1.71 bits per heavy atom. The molecule has 3 heterocycles. The van der Waals surface area contributed by atoms with Gasteiger partial charge in [0.05, 0.1) is 18.1 Å². The van der Waals surface area contributed by atoms with E-state index in [1.807, 2.05) is 4.90 Å². The molecule has 0 spiro atoms. The summed E-state index contributed by atoms with van der Waals surface area (Å²) >= 11 is 5.93. The first-order valence-corrected chi connectivity index (χ1v) is 10.7. The molecular weight excluding hydrogens is 406 g/mol. The summed E-state index contributed by atoms with van der Waals surface area (Å²) in [5, 5.41) is 0.254. The maximum atomic E-state index is 13.1. The van der Waals surface area contributed by atoms with Crippen LogP contribution in [0.1, 0.15) is 6.42 Å². The second-order valence-corrected chi connectivity index (χ2v) is 8.78. The van der Waals surface area contributed by atoms with Crippen LogP contribution >= 0.6 is 11.6 Å². The van der Waals surface area contributed by atoms with Crippen LogP contribution in [0.25, 0.3) is 0 Å². The number of nitrogens with two attached hydrogens (primary N) is 1. The van der Waals surface area contributed by atoms with Crippen molar-refractivity contribution in [1.29, 1.82) is 0 Å². The third kappa shape index (κ3) is 3.80. The van der Waals surface area contributed by atoms with Crippen LogP contribution in [0.2, 0.25) is 5.15 Å². The van der Waals surface area contributed by atoms with Crippen molar-refractivity contribution in [2.24, 2.45) is 0 Å². The molecule has 2 aliphatic rings. The molecule has 1 fully saturated rings. The Labute approximate surface area is 168 Å². The van der Waals surface area contributed by atoms with E-state index in [0.717, 1.165) is 6.42 Å². The van der Waals surface area contributed by atoms with Crippen LogP contribution in [-0.2, 0) is 10.0 Å². The van der Waals surface area contributed by atoms with Crippen molar-refractivity contribution in [3.63, 3.8) is 0 Å². The topological polar surface area (TPSA) is 111 Å². The number of sulfonamides is 1. The van der Waals surface area contributed by atoms with Crippen LogP contribution in [0.3, 0.4) is 0 Å². The number of nitrogen functional groups attached to an aromatic ring is 1. The zero-order chi connectivity index (χ0) is 19.7. The smallest absolute Gasteiger partial charge is 0.243 e. The number of nitrogens with zero attached hydrogens (tertiary/aromatic N) is 4. The van der Waals surface area contributed by atoms with Crippen LogP contribution < -0.4 is 20.1 Å². The lowest BCUT2D eigenvalue weighted by molar-refractivity contribution is 0.296. The normalized spacial score (nSPS) is 18.0. The van der Waals surface area contributed by atoms with Gasteiger partial charge in [0, 0.05) is 44.7 Å². The predicted molar refractivity (Wildman–Crippen MR) is 104 cm³/mol. The highest BCUT2D eigenvalue weighted by atomic mass is 35.5. The van der Waals surface area contributed by atoms with Gasteiger partial charge in [0.25, 0.3) is 0 Å². The molecule has 0 amide bonds. The number of rotatable bonds is 3. The van der Waals surface area contributed by atoms with E-state index in [1.54, 1.807) is 18.2 Å². The van der Waals surface area contributed by atoms with E-state index < -0.39 is 10.0 Å². The molecule has 1 saturated heterocycles. The quantitative estimate of drug-likeness (QED) is 0.734. The van der Waals surface area contributed by atoms with E-state index in [9.17, 15) is 8.42 Å². The average molecular weight is 426 g/mol. The molecule has 28 heavy (non-hydrogen) atoms. The molecule has 1 aromatic heterocycles. The molecule has 150 valence electrons. The summed E-state index contributed by atoms with van der Waals surface area (Å²) < 4.78 is 38.7. The average Bonchev–Trinajstić information content (AvgIpc) is 2.92. The van der Waals surface area contributed by atoms with E-state index in [0.29, 0.717) is 56.7 Å². The summed E-state index contributed by atoms with van der Waals surface area (Å²) in [6, 6.07) is 6.36. The molecule has 0 bridgehead atoms. The van der Waals surface area contributed by atoms with E-state index in [1.165, 1.54) is 10.4 Å². The lowest BCUT2D eigenvalue weighted by atomic mass is 10.3. The summed E-state index contributed by atoms with van der Waals surface area (Å²) in [7, 11) is -3.64. The number of hydrogen-bond acceptors (Lipinski definition) is 8. The minimum atomic E-state index is -3.64. The lowest BCUT2D eigenvalue weighted by Crippen LogP contribution is -2.49. The van der Waals surface area contributed by atoms with E-state index >= 15 is 0 Å². The fraction of sp³-hybridized carbons (Fsp3) is 0.412. The predicted octanol–water partition coefficient (Wildman–Crippen LogP) is 1.38. The lowest BCUT2D eigenvalue weighted by Gasteiger charge is -2.34. The molecule has 11 heteroatoms. The SMILES string of the molecule is Nc1nc(Cl)cc(N2CCN(S(=O)(=O)c3ccc4c(c3)OCCCO4)CC2)n1. The van der Waals surface area contributed by atoms with Crippen molar-refractivity contribution in [3.8, 4) is 11.5 Å². The van der Waals surface area contributed by atoms with E-state index in [4.69, 9.17) is 26.8 Å². The highest BCUT2D eigenvalue weighted by molar-refractivity contribution is 7.89. The Morgan fingerprint density at radius 3 is 2.43 bits per heavy atom. The molecule has 0 saturated carbocycles. The van der Waals surface area contributed by atoms with Gasteiger partial charge in [0.2, 0.25) is 16.0 Å². The van der Waals surface area contributed by atoms with Crippen molar-refractivity contribution in [2.75, 3.05) is 50.0 Å². The highest BCUT2D eigenvalue weighted by Gasteiger charge is 2.30. The number of ether oxygens (including phenoxy) is 2. The van der Waals surface area contributed by atoms with Crippen molar-refractivity contribution >= 4 is 33.4 Å². The monoisotopic (exact) mass is 425 g/mol. The number of hydrogen-bond donors (Lipinski definition) is 1. The number of anilines is 2. The van der Waals surface area contributed by atoms with E-state index in [-0.39, 0.29) is 16.0 Å². The zero-order valence-electron chi connectivity index (χ0n) is 15.0. The Hall–Kier alpha value is -2.30. The van der Waals surface area contributed by atoms with Gasteiger partial charge in [-0.3, -0.25) is 0 Å². The molecule has 0 aliphatic carbocycles. The zero-order valence-corrected chi connectivity index (χ0v) is 16.6. The number of halogens is 1. The van der Waals surface area contributed by atoms with Crippen molar-refractivity contribution in [2.45, 2.75) is 11.3 Å². The molecule has 2 N–H and O–H groups in total. The van der Waals surface area contributed by atoms with Gasteiger partial charge in [-0.25, -0.2) is 13.4 Å². The van der Waals surface area contributed by atoms with E-state index in [2.05, 4.69) is 9.97 Å². The molecule has 1 aromatic carbocycles. The fourth-order valence-electron chi connectivity index (χ4n) is 3.20. The molecule has 0 atom stereocenters. The van der Waals surface area contributed by atoms with Gasteiger partial charge in [-0.2, -0.15) is 9.29 Å². The van der Waals surface area contributed by atoms with Crippen LogP contribution in [0.5, 0.6) is 11.5 Å². The van der Waals surface area contributed by atoms with Gasteiger partial charge in [-0.1, -0.05) is 11.6 Å². The van der Waals surface area contributed by atoms with Gasteiger partial charge < -0.3 is 20.1 Å². The maximum Gasteiger partial charge on any atom is 0.243 e. The first-order chi connectivity index (χ1) is 13.4. The summed E-state index contributed by atoms with van der Waals surface area (Å²) in [5.74, 6) is 1.71. The molecular formula is C17H20ClN5O4S. The summed E-state index contributed by atoms with van der Waals surface area (Å²) in [5.41, 5.74) is 5.64. The first-order valence-electron chi connectivity index (χ1n) is 8.88. The van der Waals surface area contributed by atoms with Gasteiger partial charge in [0.1, 0.15) is 11.0 Å². The van der Waals surface area contributed by atoms with Gasteiger partial charge in [-0.05, 0) is 12.1 Å². The Balaban J connectivity index is 1.50. The minimum Gasteiger partial charge on any atom is -0.490 e. The van der Waals surface area contributed by atoms with Crippen molar-refractivity contribution in [3.05, 3.63) is 29.4 Å². The molecule has 9 nitrogen and oxygen atoms in total. The summed E-state index contributed by atoms with van der Waals surface area (Å²) in [6.45, 7) is 2.63. The largest absolute Gasteiger partial charge is 0.490 e. The molecule has 0 radical (unpaired) electrons. The van der Waals surface area contributed by atoms with Crippen molar-refractivity contribution < 1.29 is 17.9 Å². The van der Waals surface area contributed by atoms with Crippen LogP contribution in [0.15, 0.2) is 29.2 Å². The van der Waals surface area contributed by atoms with Crippen LogP contribution in [0.4, 0.5) is 11.8 Å². The highest BCUT2D eigenvalue weighted by Crippen LogP contribution is 2.33. The number of benzene rings is 1. The third-order valence-electron chi connectivity index (χ3n) is 4.62. The Kier molecular flexibility index (Phi) is 5.17. The number of aromatic nitrogens is 2. The molecule has 0 unspecified atom stereocenters. The summed E-state index contributed by atoms with van der Waals surface area (Å²) in [4.78, 5) is 10.1. The Morgan fingerprint density at radius 1 is 1.00 bits per heavy atom. The Bertz CT molecular complexity index is 959. The second-order valence-electron chi connectivity index (χ2n) is 6.46. The van der Waals surface area contributed by atoms with Crippen molar-refractivity contribution in [1.82, 2.24) is 14.3 Å². The number of fused-ring (bicyclic) bond motifs is 1. The van der Waals surface area contributed by atoms with Gasteiger partial charge in [-0.15, -0.1) is 0 Å². The minimum absolute atomic E-state index is 0.0877. The van der Waals surface area contributed by atoms with Gasteiger partial charge in [0.15, 0.2) is 11.5 Å². The third-order valence-corrected chi connectivity index (χ3v) is 6.71. The second kappa shape index (κ2) is 7.61. The van der Waals surface area contributed by atoms with Gasteiger partial charge >= 0.3 is 0 Å². The molecule has 2 aromatic rings. The first kappa shape index (κ1) is 19.0.